The van der Waals surface area contributed by atoms with Gasteiger partial charge in [-0.05, 0) is 38.5 Å². The molecule has 2 unspecified atom stereocenters. The van der Waals surface area contributed by atoms with Crippen molar-refractivity contribution >= 4 is 35.7 Å². The second-order valence-corrected chi connectivity index (χ2v) is 7.64. The summed E-state index contributed by atoms with van der Waals surface area (Å²) in [7, 11) is 0. The van der Waals surface area contributed by atoms with Crippen molar-refractivity contribution < 1.29 is 48.7 Å². The smallest absolute Gasteiger partial charge is 0.325 e. The minimum atomic E-state index is -1.09. The predicted molar refractivity (Wildman–Crippen MR) is 113 cm³/mol. The number of carbonyl (C=O) groups excluding carboxylic acids is 4. The highest BCUT2D eigenvalue weighted by molar-refractivity contribution is 5.96. The topological polar surface area (TPSA) is 209 Å². The lowest BCUT2D eigenvalue weighted by molar-refractivity contribution is -0.154. The number of amides is 2. The molecule has 0 aromatic carbocycles. The van der Waals surface area contributed by atoms with E-state index in [0.29, 0.717) is 51.6 Å². The van der Waals surface area contributed by atoms with Crippen LogP contribution >= 0.6 is 0 Å². The molecule has 14 nitrogen and oxygen atoms in total. The minimum absolute atomic E-state index is 0.226. The molecule has 0 radical (unpaired) electrons. The van der Waals surface area contributed by atoms with Crippen molar-refractivity contribution in [3.63, 3.8) is 0 Å². The number of aliphatic carboxylic acids is 2. The third-order valence-corrected chi connectivity index (χ3v) is 4.77. The molecule has 1 fully saturated rings. The average molecular weight is 488 g/mol. The third kappa shape index (κ3) is 13.3. The Morgan fingerprint density at radius 2 is 1.06 bits per heavy atom. The quantitative estimate of drug-likeness (QED) is 0.103. The van der Waals surface area contributed by atoms with E-state index < -0.39 is 36.0 Å². The maximum absolute atomic E-state index is 12.2. The molecule has 14 heteroatoms. The molecule has 2 amide bonds. The molecule has 1 aliphatic heterocycles. The van der Waals surface area contributed by atoms with Crippen LogP contribution in [0.4, 0.5) is 0 Å². The summed E-state index contributed by atoms with van der Waals surface area (Å²) in [5, 5.41) is 22.4. The van der Waals surface area contributed by atoms with Gasteiger partial charge in [-0.1, -0.05) is 0 Å². The van der Waals surface area contributed by atoms with Crippen LogP contribution in [0.5, 0.6) is 0 Å². The maximum Gasteiger partial charge on any atom is 0.325 e. The van der Waals surface area contributed by atoms with Gasteiger partial charge in [0, 0.05) is 13.1 Å². The van der Waals surface area contributed by atoms with Gasteiger partial charge in [0.25, 0.3) is 0 Å². The second-order valence-electron chi connectivity index (χ2n) is 7.64. The molecule has 1 aliphatic rings. The zero-order valence-electron chi connectivity index (χ0n) is 18.8. The van der Waals surface area contributed by atoms with Gasteiger partial charge in [-0.2, -0.15) is 11.0 Å². The number of hydrogen-bond acceptors (Lipinski definition) is 10. The molecule has 0 aromatic heterocycles. The number of hydrogen-bond donors (Lipinski definition) is 6. The van der Waals surface area contributed by atoms with Crippen molar-refractivity contribution in [2.45, 2.75) is 76.3 Å². The number of rotatable bonds is 18. The summed E-state index contributed by atoms with van der Waals surface area (Å²) < 4.78 is 0. The lowest BCUT2D eigenvalue weighted by Crippen LogP contribution is -2.61. The van der Waals surface area contributed by atoms with Gasteiger partial charge in [0.15, 0.2) is 0 Å². The van der Waals surface area contributed by atoms with E-state index in [1.807, 2.05) is 0 Å². The van der Waals surface area contributed by atoms with Crippen molar-refractivity contribution in [3.8, 4) is 0 Å². The van der Waals surface area contributed by atoms with Crippen molar-refractivity contribution in [2.24, 2.45) is 0 Å². The van der Waals surface area contributed by atoms with E-state index >= 15 is 0 Å². The molecule has 0 saturated carbocycles. The number of hydroxylamine groups is 2. The van der Waals surface area contributed by atoms with Crippen LogP contribution in [-0.4, -0.2) is 71.1 Å². The van der Waals surface area contributed by atoms with E-state index in [2.05, 4.69) is 31.3 Å². The number of carboxylic acids is 2. The fraction of sp³-hybridized carbons (Fsp3) is 0.700. The van der Waals surface area contributed by atoms with Gasteiger partial charge in [0.2, 0.25) is 11.8 Å². The Kier molecular flexibility index (Phi) is 13.9. The van der Waals surface area contributed by atoms with Crippen LogP contribution in [0.25, 0.3) is 0 Å². The normalized spacial score (nSPS) is 17.4. The summed E-state index contributed by atoms with van der Waals surface area (Å²) in [5.74, 6) is -4.05. The van der Waals surface area contributed by atoms with E-state index in [9.17, 15) is 28.8 Å². The first-order valence-corrected chi connectivity index (χ1v) is 11.1. The van der Waals surface area contributed by atoms with Gasteiger partial charge in [-0.3, -0.25) is 28.8 Å². The van der Waals surface area contributed by atoms with Crippen LogP contribution in [-0.2, 0) is 38.4 Å². The Bertz CT molecular complexity index is 670. The Hall–Kier alpha value is -3.26. The summed E-state index contributed by atoms with van der Waals surface area (Å²) in [6.45, 7) is 0.652. The monoisotopic (exact) mass is 488 g/mol. The molecule has 192 valence electrons. The first-order chi connectivity index (χ1) is 16.2. The van der Waals surface area contributed by atoms with E-state index in [0.717, 1.165) is 0 Å². The fourth-order valence-corrected chi connectivity index (χ4v) is 2.96. The van der Waals surface area contributed by atoms with Crippen LogP contribution in [0.15, 0.2) is 0 Å². The summed E-state index contributed by atoms with van der Waals surface area (Å²) >= 11 is 0. The van der Waals surface area contributed by atoms with Crippen LogP contribution in [0.1, 0.15) is 64.2 Å². The van der Waals surface area contributed by atoms with Crippen molar-refractivity contribution in [1.82, 2.24) is 21.6 Å². The highest BCUT2D eigenvalue weighted by Crippen LogP contribution is 2.10. The Morgan fingerprint density at radius 1 is 0.676 bits per heavy atom. The lowest BCUT2D eigenvalue weighted by Gasteiger charge is -2.29. The molecular weight excluding hydrogens is 456 g/mol. The molecule has 1 saturated heterocycles. The van der Waals surface area contributed by atoms with Crippen LogP contribution < -0.4 is 21.6 Å². The molecule has 1 rings (SSSR count). The Morgan fingerprint density at radius 3 is 1.41 bits per heavy atom. The third-order valence-electron chi connectivity index (χ3n) is 4.77. The molecule has 0 spiro atoms. The number of carboxylic acid groups (broad SMARTS) is 2. The van der Waals surface area contributed by atoms with E-state index in [1.165, 1.54) is 0 Å². The van der Waals surface area contributed by atoms with Crippen molar-refractivity contribution in [2.75, 3.05) is 13.1 Å². The molecule has 6 N–H and O–H groups in total. The summed E-state index contributed by atoms with van der Waals surface area (Å²) in [6.07, 6.45) is 2.07. The van der Waals surface area contributed by atoms with Crippen LogP contribution in [0.2, 0.25) is 0 Å². The van der Waals surface area contributed by atoms with E-state index in [1.54, 1.807) is 0 Å². The fourth-order valence-electron chi connectivity index (χ4n) is 2.96. The standard InChI is InChI=1S/C20H32N4O10/c25-15(26)7-9-17(29)33-21-11-3-1-5-13-19(31)24-14(20(32)23-13)6-2-4-12-22-34-18(30)10-8-16(27)28/h13-14,21-22H,1-12H2,(H,23,32)(H,24,31)(H,25,26)(H,27,28). The van der Waals surface area contributed by atoms with Gasteiger partial charge >= 0.3 is 23.9 Å². The SMILES string of the molecule is O=C(O)CCC(=O)ONCCCCC1NC(=O)C(CCCCNOC(=O)CCC(=O)O)NC1=O. The number of carbonyl (C=O) groups is 6. The molecule has 2 atom stereocenters. The molecule has 0 aliphatic carbocycles. The first-order valence-electron chi connectivity index (χ1n) is 11.1. The van der Waals surface area contributed by atoms with Crippen LogP contribution in [0.3, 0.4) is 0 Å². The maximum atomic E-state index is 12.2. The number of piperazine rings is 1. The van der Waals surface area contributed by atoms with Gasteiger partial charge in [0.1, 0.15) is 12.1 Å². The first kappa shape index (κ1) is 28.8. The summed E-state index contributed by atoms with van der Waals surface area (Å²) in [4.78, 5) is 77.0. The number of unbranched alkanes of at least 4 members (excludes halogenated alkanes) is 2. The highest BCUT2D eigenvalue weighted by Gasteiger charge is 2.32. The van der Waals surface area contributed by atoms with Crippen molar-refractivity contribution in [3.05, 3.63) is 0 Å². The Labute approximate surface area is 196 Å². The van der Waals surface area contributed by atoms with E-state index in [-0.39, 0.29) is 37.5 Å². The number of nitrogens with one attached hydrogen (secondary N) is 4. The zero-order chi connectivity index (χ0) is 25.3. The highest BCUT2D eigenvalue weighted by atomic mass is 16.7. The molecule has 0 bridgehead atoms. The van der Waals surface area contributed by atoms with E-state index in [4.69, 9.17) is 10.2 Å². The average Bonchev–Trinajstić information content (AvgIpc) is 2.78. The summed E-state index contributed by atoms with van der Waals surface area (Å²) in [5.41, 5.74) is 4.88. The minimum Gasteiger partial charge on any atom is -0.481 e. The van der Waals surface area contributed by atoms with Gasteiger partial charge in [-0.25, -0.2) is 0 Å². The van der Waals surface area contributed by atoms with Gasteiger partial charge < -0.3 is 30.5 Å². The molecule has 34 heavy (non-hydrogen) atoms. The second kappa shape index (κ2) is 16.4. The van der Waals surface area contributed by atoms with Gasteiger partial charge in [-0.15, -0.1) is 0 Å². The molecule has 0 aromatic rings. The predicted octanol–water partition coefficient (Wildman–Crippen LogP) is -0.865. The molecule has 1 heterocycles. The Balaban J connectivity index is 2.09. The summed E-state index contributed by atoms with van der Waals surface area (Å²) in [6, 6.07) is -1.29. The zero-order valence-corrected chi connectivity index (χ0v) is 18.8. The lowest BCUT2D eigenvalue weighted by atomic mass is 10.0. The molecular formula is C20H32N4O10. The van der Waals surface area contributed by atoms with Crippen molar-refractivity contribution in [1.29, 1.82) is 0 Å². The van der Waals surface area contributed by atoms with Gasteiger partial charge in [0.05, 0.1) is 25.7 Å². The van der Waals surface area contributed by atoms with Crippen LogP contribution in [0, 0.1) is 0 Å². The largest absolute Gasteiger partial charge is 0.481 e.